The Hall–Kier alpha value is -2.53. The molecule has 0 aliphatic carbocycles. The lowest BCUT2D eigenvalue weighted by atomic mass is 10.1. The summed E-state index contributed by atoms with van der Waals surface area (Å²) in [5, 5.41) is 3.21. The summed E-state index contributed by atoms with van der Waals surface area (Å²) in [6, 6.07) is 10.8. The SMILES string of the molecule is Cc1cc(C)cc(OCC(=O)O[C@H](C)C(=O)Nc2ccc(C)c(Cl)c2)c1. The molecule has 0 fully saturated rings. The van der Waals surface area contributed by atoms with E-state index in [4.69, 9.17) is 21.1 Å². The largest absolute Gasteiger partial charge is 0.482 e. The van der Waals surface area contributed by atoms with Gasteiger partial charge in [-0.2, -0.15) is 0 Å². The second kappa shape index (κ2) is 8.72. The van der Waals surface area contributed by atoms with Crippen LogP contribution in [0.3, 0.4) is 0 Å². The minimum absolute atomic E-state index is 0.267. The van der Waals surface area contributed by atoms with Crippen LogP contribution in [0.1, 0.15) is 23.6 Å². The molecule has 0 aromatic heterocycles. The van der Waals surface area contributed by atoms with E-state index < -0.39 is 18.0 Å². The molecule has 0 aliphatic heterocycles. The number of anilines is 1. The summed E-state index contributed by atoms with van der Waals surface area (Å²) in [5.41, 5.74) is 3.53. The summed E-state index contributed by atoms with van der Waals surface area (Å²) in [4.78, 5) is 24.0. The van der Waals surface area contributed by atoms with Crippen LogP contribution in [-0.2, 0) is 14.3 Å². The number of esters is 1. The number of carbonyl (C=O) groups is 2. The molecule has 1 amide bonds. The number of hydrogen-bond donors (Lipinski definition) is 1. The highest BCUT2D eigenvalue weighted by molar-refractivity contribution is 6.31. The van der Waals surface area contributed by atoms with E-state index in [9.17, 15) is 9.59 Å². The van der Waals surface area contributed by atoms with E-state index in [1.165, 1.54) is 6.92 Å². The smallest absolute Gasteiger partial charge is 0.344 e. The molecule has 0 saturated carbocycles. The molecular formula is C20H22ClNO4. The number of aryl methyl sites for hydroxylation is 3. The van der Waals surface area contributed by atoms with E-state index in [-0.39, 0.29) is 6.61 Å². The molecule has 5 nitrogen and oxygen atoms in total. The predicted octanol–water partition coefficient (Wildman–Crippen LogP) is 4.21. The number of ether oxygens (including phenoxy) is 2. The van der Waals surface area contributed by atoms with E-state index in [2.05, 4.69) is 5.32 Å². The Bertz CT molecular complexity index is 799. The van der Waals surface area contributed by atoms with Gasteiger partial charge in [-0.15, -0.1) is 0 Å². The van der Waals surface area contributed by atoms with Crippen LogP contribution in [0.5, 0.6) is 5.75 Å². The van der Waals surface area contributed by atoms with E-state index in [0.29, 0.717) is 16.5 Å². The number of carbonyl (C=O) groups excluding carboxylic acids is 2. The van der Waals surface area contributed by atoms with E-state index in [0.717, 1.165) is 16.7 Å². The first kappa shape index (κ1) is 19.8. The molecule has 2 rings (SSSR count). The van der Waals surface area contributed by atoms with Crippen LogP contribution >= 0.6 is 11.6 Å². The number of hydrogen-bond acceptors (Lipinski definition) is 4. The van der Waals surface area contributed by atoms with Crippen molar-refractivity contribution in [3.8, 4) is 5.75 Å². The zero-order valence-electron chi connectivity index (χ0n) is 15.3. The van der Waals surface area contributed by atoms with Crippen LogP contribution in [-0.4, -0.2) is 24.6 Å². The monoisotopic (exact) mass is 375 g/mol. The number of nitrogens with one attached hydrogen (secondary N) is 1. The zero-order chi connectivity index (χ0) is 19.3. The Morgan fingerprint density at radius 2 is 1.73 bits per heavy atom. The van der Waals surface area contributed by atoms with Crippen molar-refractivity contribution >= 4 is 29.2 Å². The van der Waals surface area contributed by atoms with Crippen molar-refractivity contribution in [2.24, 2.45) is 0 Å². The van der Waals surface area contributed by atoms with Gasteiger partial charge in [0.1, 0.15) is 5.75 Å². The normalized spacial score (nSPS) is 11.6. The van der Waals surface area contributed by atoms with E-state index in [1.807, 2.05) is 39.0 Å². The highest BCUT2D eigenvalue weighted by Crippen LogP contribution is 2.20. The lowest BCUT2D eigenvalue weighted by Gasteiger charge is -2.14. The molecule has 1 atom stereocenters. The molecule has 0 aliphatic rings. The third kappa shape index (κ3) is 5.77. The van der Waals surface area contributed by atoms with Crippen molar-refractivity contribution in [1.82, 2.24) is 0 Å². The summed E-state index contributed by atoms with van der Waals surface area (Å²) in [7, 11) is 0. The predicted molar refractivity (Wildman–Crippen MR) is 102 cm³/mol. The van der Waals surface area contributed by atoms with Gasteiger partial charge in [-0.3, -0.25) is 4.79 Å². The van der Waals surface area contributed by atoms with Crippen molar-refractivity contribution in [3.63, 3.8) is 0 Å². The second-order valence-corrected chi connectivity index (χ2v) is 6.60. The van der Waals surface area contributed by atoms with Crippen molar-refractivity contribution in [3.05, 3.63) is 58.1 Å². The Morgan fingerprint density at radius 3 is 2.35 bits per heavy atom. The van der Waals surface area contributed by atoms with Gasteiger partial charge in [-0.1, -0.05) is 23.7 Å². The standard InChI is InChI=1S/C20H22ClNO4/c1-12-7-13(2)9-17(8-12)25-11-19(23)26-15(4)20(24)22-16-6-5-14(3)18(21)10-16/h5-10,15H,11H2,1-4H3,(H,22,24)/t15-/m1/s1. The lowest BCUT2D eigenvalue weighted by Crippen LogP contribution is -2.31. The first-order valence-corrected chi connectivity index (χ1v) is 8.60. The molecule has 0 heterocycles. The second-order valence-electron chi connectivity index (χ2n) is 6.20. The lowest BCUT2D eigenvalue weighted by molar-refractivity contribution is -0.155. The highest BCUT2D eigenvalue weighted by Gasteiger charge is 2.18. The van der Waals surface area contributed by atoms with Crippen molar-refractivity contribution in [2.75, 3.05) is 11.9 Å². The average molecular weight is 376 g/mol. The fourth-order valence-corrected chi connectivity index (χ4v) is 2.54. The van der Waals surface area contributed by atoms with Crippen molar-refractivity contribution in [2.45, 2.75) is 33.8 Å². The maximum Gasteiger partial charge on any atom is 0.344 e. The summed E-state index contributed by atoms with van der Waals surface area (Å²) >= 11 is 6.03. The fraction of sp³-hybridized carbons (Fsp3) is 0.300. The maximum absolute atomic E-state index is 12.1. The molecule has 6 heteroatoms. The van der Waals surface area contributed by atoms with Crippen LogP contribution in [0.4, 0.5) is 5.69 Å². The molecule has 0 unspecified atom stereocenters. The third-order valence-electron chi connectivity index (χ3n) is 3.67. The van der Waals surface area contributed by atoms with Gasteiger partial charge in [-0.25, -0.2) is 4.79 Å². The molecule has 0 saturated heterocycles. The summed E-state index contributed by atoms with van der Waals surface area (Å²) < 4.78 is 10.5. The van der Waals surface area contributed by atoms with Crippen molar-refractivity contribution in [1.29, 1.82) is 0 Å². The van der Waals surface area contributed by atoms with Crippen LogP contribution in [0.25, 0.3) is 0 Å². The summed E-state index contributed by atoms with van der Waals surface area (Å²) in [6.45, 7) is 6.99. The van der Waals surface area contributed by atoms with Gasteiger partial charge in [-0.05, 0) is 68.7 Å². The van der Waals surface area contributed by atoms with Gasteiger partial charge in [0, 0.05) is 10.7 Å². The average Bonchev–Trinajstić information content (AvgIpc) is 2.55. The van der Waals surface area contributed by atoms with Gasteiger partial charge in [0.2, 0.25) is 0 Å². The van der Waals surface area contributed by atoms with Gasteiger partial charge < -0.3 is 14.8 Å². The molecule has 0 bridgehead atoms. The Kier molecular flexibility index (Phi) is 6.64. The van der Waals surface area contributed by atoms with Gasteiger partial charge in [0.25, 0.3) is 5.91 Å². The first-order valence-electron chi connectivity index (χ1n) is 8.22. The quantitative estimate of drug-likeness (QED) is 0.768. The number of halogens is 1. The number of rotatable bonds is 6. The Labute approximate surface area is 158 Å². The molecule has 0 spiro atoms. The molecule has 26 heavy (non-hydrogen) atoms. The minimum Gasteiger partial charge on any atom is -0.482 e. The van der Waals surface area contributed by atoms with E-state index in [1.54, 1.807) is 18.2 Å². The fourth-order valence-electron chi connectivity index (χ4n) is 2.36. The van der Waals surface area contributed by atoms with Crippen molar-refractivity contribution < 1.29 is 19.1 Å². The maximum atomic E-state index is 12.1. The first-order chi connectivity index (χ1) is 12.2. The Balaban J connectivity index is 1.85. The number of amides is 1. The minimum atomic E-state index is -0.953. The molecule has 0 radical (unpaired) electrons. The van der Waals surface area contributed by atoms with Crippen LogP contribution in [0.2, 0.25) is 5.02 Å². The third-order valence-corrected chi connectivity index (χ3v) is 4.08. The summed E-state index contributed by atoms with van der Waals surface area (Å²) in [6.07, 6.45) is -0.953. The molecule has 2 aromatic carbocycles. The summed E-state index contributed by atoms with van der Waals surface area (Å²) in [5.74, 6) is -0.468. The molecule has 138 valence electrons. The van der Waals surface area contributed by atoms with Crippen LogP contribution in [0, 0.1) is 20.8 Å². The zero-order valence-corrected chi connectivity index (χ0v) is 16.0. The van der Waals surface area contributed by atoms with Crippen LogP contribution < -0.4 is 10.1 Å². The molecular weight excluding hydrogens is 354 g/mol. The van der Waals surface area contributed by atoms with Gasteiger partial charge >= 0.3 is 5.97 Å². The Morgan fingerprint density at radius 1 is 1.08 bits per heavy atom. The van der Waals surface area contributed by atoms with E-state index >= 15 is 0 Å². The highest BCUT2D eigenvalue weighted by atomic mass is 35.5. The van der Waals surface area contributed by atoms with Crippen LogP contribution in [0.15, 0.2) is 36.4 Å². The molecule has 2 aromatic rings. The topological polar surface area (TPSA) is 64.6 Å². The molecule has 1 N–H and O–H groups in total. The number of benzene rings is 2. The van der Waals surface area contributed by atoms with Gasteiger partial charge in [0.15, 0.2) is 12.7 Å². The van der Waals surface area contributed by atoms with Gasteiger partial charge in [0.05, 0.1) is 0 Å².